The number of aromatic amines is 1. The second-order valence-corrected chi connectivity index (χ2v) is 4.41. The number of aliphatic hydroxyl groups is 1. The smallest absolute Gasteiger partial charge is 0.285 e. The molecule has 1 aromatic heterocycles. The highest BCUT2D eigenvalue weighted by molar-refractivity contribution is 6.32. The summed E-state index contributed by atoms with van der Waals surface area (Å²) in [5.41, 5.74) is 0.286. The second-order valence-electron chi connectivity index (χ2n) is 4.04. The molecule has 1 aromatic rings. The molecule has 1 aliphatic heterocycles. The molecule has 0 spiro atoms. The van der Waals surface area contributed by atoms with Gasteiger partial charge >= 0.3 is 0 Å². The van der Waals surface area contributed by atoms with Crippen LogP contribution in [0.2, 0.25) is 5.02 Å². The first-order valence-electron chi connectivity index (χ1n) is 5.31. The molecule has 0 bridgehead atoms. The molecule has 2 N–H and O–H groups in total. The molecule has 16 heavy (non-hydrogen) atoms. The van der Waals surface area contributed by atoms with Gasteiger partial charge in [-0.15, -0.1) is 0 Å². The van der Waals surface area contributed by atoms with Gasteiger partial charge in [0.15, 0.2) is 0 Å². The molecule has 88 valence electrons. The predicted molar refractivity (Wildman–Crippen MR) is 61.9 cm³/mol. The number of hydrogen-bond donors (Lipinski definition) is 2. The topological polar surface area (TPSA) is 69.2 Å². The number of piperidine rings is 1. The Morgan fingerprint density at radius 1 is 1.69 bits per heavy atom. The fourth-order valence-corrected chi connectivity index (χ4v) is 2.24. The van der Waals surface area contributed by atoms with Crippen LogP contribution < -0.4 is 10.5 Å². The molecule has 0 aliphatic carbocycles. The molecule has 0 saturated carbocycles. The maximum atomic E-state index is 11.3. The molecule has 0 amide bonds. The van der Waals surface area contributed by atoms with Crippen LogP contribution in [0.15, 0.2) is 11.0 Å². The first-order valence-corrected chi connectivity index (χ1v) is 5.69. The molecule has 1 saturated heterocycles. The quantitative estimate of drug-likeness (QED) is 0.800. The summed E-state index contributed by atoms with van der Waals surface area (Å²) in [7, 11) is 0. The van der Waals surface area contributed by atoms with Crippen LogP contribution >= 0.6 is 11.6 Å². The SMILES string of the molecule is O=c1[nH]ncc(N2CCCC(CO)C2)c1Cl. The minimum absolute atomic E-state index is 0.171. The fraction of sp³-hybridized carbons (Fsp3) is 0.600. The van der Waals surface area contributed by atoms with Crippen LogP contribution in [0.25, 0.3) is 0 Å². The molecule has 1 fully saturated rings. The second kappa shape index (κ2) is 4.84. The Balaban J connectivity index is 2.23. The Morgan fingerprint density at radius 3 is 3.25 bits per heavy atom. The molecule has 5 nitrogen and oxygen atoms in total. The summed E-state index contributed by atoms with van der Waals surface area (Å²) in [6.45, 7) is 1.74. The highest BCUT2D eigenvalue weighted by Gasteiger charge is 2.21. The van der Waals surface area contributed by atoms with Crippen molar-refractivity contribution in [1.82, 2.24) is 10.2 Å². The first-order chi connectivity index (χ1) is 7.72. The van der Waals surface area contributed by atoms with Gasteiger partial charge in [-0.25, -0.2) is 5.10 Å². The van der Waals surface area contributed by atoms with Crippen LogP contribution in [0, 0.1) is 5.92 Å². The maximum absolute atomic E-state index is 11.3. The van der Waals surface area contributed by atoms with E-state index in [9.17, 15) is 4.79 Å². The van der Waals surface area contributed by atoms with E-state index in [4.69, 9.17) is 16.7 Å². The molecule has 0 radical (unpaired) electrons. The highest BCUT2D eigenvalue weighted by Crippen LogP contribution is 2.26. The zero-order valence-electron chi connectivity index (χ0n) is 8.82. The van der Waals surface area contributed by atoms with Crippen LogP contribution in [0.3, 0.4) is 0 Å². The Bertz CT molecular complexity index is 421. The number of hydrogen-bond acceptors (Lipinski definition) is 4. The number of halogens is 1. The third-order valence-corrected chi connectivity index (χ3v) is 3.26. The average Bonchev–Trinajstić information content (AvgIpc) is 2.33. The summed E-state index contributed by atoms with van der Waals surface area (Å²) in [4.78, 5) is 13.3. The van der Waals surface area contributed by atoms with Crippen molar-refractivity contribution in [3.8, 4) is 0 Å². The largest absolute Gasteiger partial charge is 0.396 e. The van der Waals surface area contributed by atoms with Crippen molar-refractivity contribution < 1.29 is 5.11 Å². The summed E-state index contributed by atoms with van der Waals surface area (Å²) in [6.07, 6.45) is 3.57. The van der Waals surface area contributed by atoms with Gasteiger partial charge in [-0.05, 0) is 18.8 Å². The standard InChI is InChI=1S/C10H14ClN3O2/c11-9-8(4-12-13-10(9)16)14-3-1-2-7(5-14)6-15/h4,7,15H,1-3,5-6H2,(H,13,16). The van der Waals surface area contributed by atoms with Crippen molar-refractivity contribution in [2.24, 2.45) is 5.92 Å². The van der Waals surface area contributed by atoms with Crippen molar-refractivity contribution >= 4 is 17.3 Å². The first kappa shape index (κ1) is 11.4. The lowest BCUT2D eigenvalue weighted by atomic mass is 9.99. The van der Waals surface area contributed by atoms with E-state index in [1.807, 2.05) is 4.90 Å². The number of aromatic nitrogens is 2. The van der Waals surface area contributed by atoms with Gasteiger partial charge in [0.05, 0.1) is 11.9 Å². The molecule has 2 heterocycles. The Kier molecular flexibility index (Phi) is 3.46. The summed E-state index contributed by atoms with van der Waals surface area (Å²) in [5, 5.41) is 15.3. The number of rotatable bonds is 2. The summed E-state index contributed by atoms with van der Waals surface area (Å²) in [5.74, 6) is 0.254. The normalized spacial score (nSPS) is 21.1. The van der Waals surface area contributed by atoms with Gasteiger partial charge in [0, 0.05) is 19.7 Å². The van der Waals surface area contributed by atoms with Crippen molar-refractivity contribution in [2.75, 3.05) is 24.6 Å². The van der Waals surface area contributed by atoms with Gasteiger partial charge < -0.3 is 10.0 Å². The third kappa shape index (κ3) is 2.20. The summed E-state index contributed by atoms with van der Waals surface area (Å²) >= 11 is 5.93. The fourth-order valence-electron chi connectivity index (χ4n) is 2.03. The highest BCUT2D eigenvalue weighted by atomic mass is 35.5. The van der Waals surface area contributed by atoms with Gasteiger partial charge in [0.1, 0.15) is 5.02 Å². The molecule has 1 aliphatic rings. The zero-order chi connectivity index (χ0) is 11.5. The number of nitrogens with one attached hydrogen (secondary N) is 1. The van der Waals surface area contributed by atoms with E-state index in [0.717, 1.165) is 25.9 Å². The number of anilines is 1. The van der Waals surface area contributed by atoms with E-state index >= 15 is 0 Å². The van der Waals surface area contributed by atoms with Crippen molar-refractivity contribution in [1.29, 1.82) is 0 Å². The van der Waals surface area contributed by atoms with E-state index < -0.39 is 0 Å². The van der Waals surface area contributed by atoms with E-state index in [0.29, 0.717) is 5.69 Å². The summed E-state index contributed by atoms with van der Waals surface area (Å²) in [6, 6.07) is 0. The number of H-pyrrole nitrogens is 1. The van der Waals surface area contributed by atoms with Crippen LogP contribution in [0.1, 0.15) is 12.8 Å². The molecule has 1 unspecified atom stereocenters. The lowest BCUT2D eigenvalue weighted by Gasteiger charge is -2.33. The molecule has 1 atom stereocenters. The van der Waals surface area contributed by atoms with Crippen LogP contribution in [-0.2, 0) is 0 Å². The van der Waals surface area contributed by atoms with E-state index in [-0.39, 0.29) is 23.1 Å². The molecule has 0 aromatic carbocycles. The summed E-state index contributed by atoms with van der Waals surface area (Å²) < 4.78 is 0. The van der Waals surface area contributed by atoms with E-state index in [1.54, 1.807) is 6.20 Å². The van der Waals surface area contributed by atoms with Gasteiger partial charge in [-0.3, -0.25) is 4.79 Å². The van der Waals surface area contributed by atoms with Crippen LogP contribution in [0.5, 0.6) is 0 Å². The van der Waals surface area contributed by atoms with E-state index in [2.05, 4.69) is 10.2 Å². The molecule has 6 heteroatoms. The maximum Gasteiger partial charge on any atom is 0.285 e. The minimum Gasteiger partial charge on any atom is -0.396 e. The molecular formula is C10H14ClN3O2. The molecular weight excluding hydrogens is 230 g/mol. The monoisotopic (exact) mass is 243 g/mol. The van der Waals surface area contributed by atoms with Crippen molar-refractivity contribution in [3.05, 3.63) is 21.6 Å². The van der Waals surface area contributed by atoms with Crippen LogP contribution in [0.4, 0.5) is 5.69 Å². The molecule has 2 rings (SSSR count). The van der Waals surface area contributed by atoms with Gasteiger partial charge in [0.2, 0.25) is 0 Å². The number of aliphatic hydroxyl groups excluding tert-OH is 1. The lowest BCUT2D eigenvalue weighted by molar-refractivity contribution is 0.208. The zero-order valence-corrected chi connectivity index (χ0v) is 9.57. The van der Waals surface area contributed by atoms with Gasteiger partial charge in [-0.1, -0.05) is 11.6 Å². The predicted octanol–water partition coefficient (Wildman–Crippen LogP) is 0.632. The van der Waals surface area contributed by atoms with Crippen molar-refractivity contribution in [2.45, 2.75) is 12.8 Å². The van der Waals surface area contributed by atoms with Gasteiger partial charge in [-0.2, -0.15) is 5.10 Å². The minimum atomic E-state index is -0.370. The van der Waals surface area contributed by atoms with Gasteiger partial charge in [0.25, 0.3) is 5.56 Å². The number of nitrogens with zero attached hydrogens (tertiary/aromatic N) is 2. The van der Waals surface area contributed by atoms with Crippen LogP contribution in [-0.4, -0.2) is 35.0 Å². The van der Waals surface area contributed by atoms with E-state index in [1.165, 1.54) is 0 Å². The Morgan fingerprint density at radius 2 is 2.50 bits per heavy atom. The lowest BCUT2D eigenvalue weighted by Crippen LogP contribution is -2.37. The Labute approximate surface area is 98.0 Å². The third-order valence-electron chi connectivity index (χ3n) is 2.90. The van der Waals surface area contributed by atoms with Crippen molar-refractivity contribution in [3.63, 3.8) is 0 Å². The average molecular weight is 244 g/mol. The Hall–Kier alpha value is -1.07.